The predicted molar refractivity (Wildman–Crippen MR) is 113 cm³/mol. The van der Waals surface area contributed by atoms with Gasteiger partial charge in [0.25, 0.3) is 5.56 Å². The minimum atomic E-state index is -1.32. The van der Waals surface area contributed by atoms with Gasteiger partial charge in [0.2, 0.25) is 0 Å². The molecular formula is C19H31N4O4P. The molecule has 3 heterocycles. The molecule has 0 radical (unpaired) electrons. The summed E-state index contributed by atoms with van der Waals surface area (Å²) in [4.78, 5) is 23.9. The molecule has 1 unspecified atom stereocenters. The summed E-state index contributed by atoms with van der Waals surface area (Å²) in [6.07, 6.45) is 2.99. The predicted octanol–water partition coefficient (Wildman–Crippen LogP) is 1.35. The van der Waals surface area contributed by atoms with E-state index in [0.717, 1.165) is 12.6 Å². The lowest BCUT2D eigenvalue weighted by molar-refractivity contribution is -0.0499. The second-order valence-electron chi connectivity index (χ2n) is 8.54. The van der Waals surface area contributed by atoms with Crippen molar-refractivity contribution >= 4 is 24.3 Å². The molecule has 28 heavy (non-hydrogen) atoms. The van der Waals surface area contributed by atoms with Crippen LogP contribution in [0.4, 0.5) is 0 Å². The molecule has 3 N–H and O–H groups in total. The van der Waals surface area contributed by atoms with Crippen molar-refractivity contribution in [1.82, 2.24) is 19.5 Å². The standard InChI is InChI=1S/C19H31N4O4P/c1-7-8-12-22-13-17(20-11(3)21-18(13)26)23(12)19-15(25)14(24)16(27-19)10(2)9-28(4,5)6/h10,14-16,19,24-25H,4,7-9H2,1-3,5-6H3,(H,20,21,26)/t10?,14-,15+,16+,19+/m0/s1. The lowest BCUT2D eigenvalue weighted by Gasteiger charge is -2.26. The first kappa shape index (κ1) is 21.2. The first-order valence-corrected chi connectivity index (χ1v) is 12.8. The van der Waals surface area contributed by atoms with E-state index in [1.165, 1.54) is 0 Å². The van der Waals surface area contributed by atoms with Crippen LogP contribution < -0.4 is 5.56 Å². The van der Waals surface area contributed by atoms with E-state index in [-0.39, 0.29) is 17.0 Å². The molecule has 2 aromatic rings. The van der Waals surface area contributed by atoms with E-state index in [1.807, 2.05) is 13.8 Å². The summed E-state index contributed by atoms with van der Waals surface area (Å²) in [7, 11) is 0. The van der Waals surface area contributed by atoms with E-state index in [9.17, 15) is 15.0 Å². The van der Waals surface area contributed by atoms with Crippen LogP contribution in [0.5, 0.6) is 0 Å². The number of hydrogen-bond donors (Lipinski definition) is 3. The molecule has 0 spiro atoms. The zero-order valence-electron chi connectivity index (χ0n) is 17.2. The van der Waals surface area contributed by atoms with Crippen LogP contribution in [0.2, 0.25) is 0 Å². The van der Waals surface area contributed by atoms with Gasteiger partial charge in [0.1, 0.15) is 23.9 Å². The molecule has 0 aromatic carbocycles. The molecule has 2 aromatic heterocycles. The van der Waals surface area contributed by atoms with Gasteiger partial charge in [0, 0.05) is 6.42 Å². The summed E-state index contributed by atoms with van der Waals surface area (Å²) in [6.45, 7) is 8.68. The maximum absolute atomic E-state index is 12.3. The Hall–Kier alpha value is -1.47. The topological polar surface area (TPSA) is 113 Å². The van der Waals surface area contributed by atoms with Crippen LogP contribution in [0.25, 0.3) is 11.2 Å². The highest BCUT2D eigenvalue weighted by Gasteiger charge is 2.47. The van der Waals surface area contributed by atoms with Crippen LogP contribution in [0.15, 0.2) is 4.79 Å². The van der Waals surface area contributed by atoms with Crippen molar-refractivity contribution in [1.29, 1.82) is 0 Å². The van der Waals surface area contributed by atoms with Gasteiger partial charge in [-0.05, 0) is 38.8 Å². The Bertz CT molecular complexity index is 963. The lowest BCUT2D eigenvalue weighted by Crippen LogP contribution is -2.36. The van der Waals surface area contributed by atoms with Crippen molar-refractivity contribution in [2.45, 2.75) is 58.2 Å². The smallest absolute Gasteiger partial charge is 0.279 e. The molecule has 0 bridgehead atoms. The number of rotatable bonds is 6. The van der Waals surface area contributed by atoms with Gasteiger partial charge in [-0.25, -0.2) is 9.97 Å². The van der Waals surface area contributed by atoms with E-state index in [2.05, 4.69) is 34.6 Å². The third kappa shape index (κ3) is 3.96. The molecule has 156 valence electrons. The van der Waals surface area contributed by atoms with Crippen molar-refractivity contribution in [3.05, 3.63) is 22.0 Å². The van der Waals surface area contributed by atoms with Crippen LogP contribution in [0.3, 0.4) is 0 Å². The van der Waals surface area contributed by atoms with Gasteiger partial charge >= 0.3 is 0 Å². The fraction of sp³-hybridized carbons (Fsp3) is 0.684. The molecule has 8 nitrogen and oxygen atoms in total. The molecule has 0 aliphatic carbocycles. The number of imidazole rings is 1. The number of aryl methyl sites for hydroxylation is 2. The van der Waals surface area contributed by atoms with Crippen molar-refractivity contribution in [2.75, 3.05) is 19.5 Å². The summed E-state index contributed by atoms with van der Waals surface area (Å²) < 4.78 is 7.86. The fourth-order valence-corrected chi connectivity index (χ4v) is 5.83. The average Bonchev–Trinajstić information content (AvgIpc) is 3.05. The molecule has 1 saturated heterocycles. The number of aliphatic hydroxyl groups is 2. The van der Waals surface area contributed by atoms with Crippen molar-refractivity contribution < 1.29 is 14.9 Å². The molecule has 9 heteroatoms. The number of fused-ring (bicyclic) bond motifs is 1. The van der Waals surface area contributed by atoms with Gasteiger partial charge in [-0.1, -0.05) is 13.8 Å². The van der Waals surface area contributed by atoms with E-state index in [0.29, 0.717) is 23.7 Å². The number of nitrogens with zero attached hydrogens (tertiary/aromatic N) is 3. The van der Waals surface area contributed by atoms with Crippen LogP contribution in [0.1, 0.15) is 38.1 Å². The number of aromatic nitrogens is 4. The maximum Gasteiger partial charge on any atom is 0.279 e. The van der Waals surface area contributed by atoms with E-state index in [1.54, 1.807) is 11.5 Å². The highest BCUT2D eigenvalue weighted by Crippen LogP contribution is 2.42. The van der Waals surface area contributed by atoms with Crippen molar-refractivity contribution in [3.8, 4) is 0 Å². The average molecular weight is 410 g/mol. The first-order valence-electron chi connectivity index (χ1n) is 9.70. The molecule has 1 fully saturated rings. The minimum absolute atomic E-state index is 0.0398. The number of ether oxygens (including phenoxy) is 1. The summed E-state index contributed by atoms with van der Waals surface area (Å²) in [5, 5.41) is 21.5. The van der Waals surface area contributed by atoms with Crippen LogP contribution in [-0.4, -0.2) is 73.8 Å². The molecule has 1 aliphatic rings. The molecule has 0 amide bonds. The first-order chi connectivity index (χ1) is 13.0. The SMILES string of the molecule is C=P(C)(C)CC(C)[C@H]1O[C@@H](n2c(CCC)nc3c(=O)[nH]c(C)nc32)[C@H](O)[C@@H]1O. The molecular weight excluding hydrogens is 379 g/mol. The van der Waals surface area contributed by atoms with Crippen LogP contribution in [0, 0.1) is 12.8 Å². The third-order valence-electron chi connectivity index (χ3n) is 5.09. The normalized spacial score (nSPS) is 26.8. The molecule has 1 aliphatic heterocycles. The van der Waals surface area contributed by atoms with Gasteiger partial charge < -0.3 is 19.9 Å². The van der Waals surface area contributed by atoms with Crippen LogP contribution in [-0.2, 0) is 11.2 Å². The Morgan fingerprint density at radius 3 is 2.61 bits per heavy atom. The van der Waals surface area contributed by atoms with Crippen molar-refractivity contribution in [3.63, 3.8) is 0 Å². The van der Waals surface area contributed by atoms with Gasteiger partial charge in [0.05, 0.1) is 6.10 Å². The van der Waals surface area contributed by atoms with Gasteiger partial charge in [-0.2, -0.15) is 0 Å². The Kier molecular flexibility index (Phi) is 5.88. The maximum atomic E-state index is 12.3. The Morgan fingerprint density at radius 2 is 2.00 bits per heavy atom. The molecule has 0 saturated carbocycles. The summed E-state index contributed by atoms with van der Waals surface area (Å²) in [6, 6.07) is 0. The lowest BCUT2D eigenvalue weighted by atomic mass is 10.0. The van der Waals surface area contributed by atoms with Gasteiger partial charge in [-0.3, -0.25) is 9.36 Å². The number of aliphatic hydroxyl groups excluding tert-OH is 2. The fourth-order valence-electron chi connectivity index (χ4n) is 4.06. The zero-order valence-corrected chi connectivity index (χ0v) is 18.1. The minimum Gasteiger partial charge on any atom is -0.388 e. The Morgan fingerprint density at radius 1 is 1.32 bits per heavy atom. The van der Waals surface area contributed by atoms with Crippen molar-refractivity contribution in [2.24, 2.45) is 5.92 Å². The van der Waals surface area contributed by atoms with E-state index < -0.39 is 31.4 Å². The quantitative estimate of drug-likeness (QED) is 0.620. The Balaban J connectivity index is 2.05. The zero-order chi connectivity index (χ0) is 20.8. The summed E-state index contributed by atoms with van der Waals surface area (Å²) in [5.74, 6) is 1.12. The van der Waals surface area contributed by atoms with Gasteiger partial charge in [-0.15, -0.1) is 13.2 Å². The third-order valence-corrected chi connectivity index (χ3v) is 6.65. The number of nitrogens with one attached hydrogen (secondary N) is 1. The highest BCUT2D eigenvalue weighted by atomic mass is 31.2. The summed E-state index contributed by atoms with van der Waals surface area (Å²) >= 11 is 0. The second-order valence-corrected chi connectivity index (χ2v) is 12.8. The summed E-state index contributed by atoms with van der Waals surface area (Å²) in [5.41, 5.74) is 0.278. The second kappa shape index (κ2) is 7.75. The number of hydrogen-bond acceptors (Lipinski definition) is 6. The Labute approximate surface area is 165 Å². The van der Waals surface area contributed by atoms with E-state index in [4.69, 9.17) is 4.74 Å². The molecule has 3 rings (SSSR count). The van der Waals surface area contributed by atoms with Gasteiger partial charge in [0.15, 0.2) is 17.4 Å². The molecule has 5 atom stereocenters. The van der Waals surface area contributed by atoms with E-state index >= 15 is 0 Å². The number of H-pyrrole nitrogens is 1. The van der Waals surface area contributed by atoms with Crippen LogP contribution >= 0.6 is 6.89 Å². The monoisotopic (exact) mass is 410 g/mol. The number of aromatic amines is 1. The highest BCUT2D eigenvalue weighted by molar-refractivity contribution is 7.72. The largest absolute Gasteiger partial charge is 0.388 e.